The van der Waals surface area contributed by atoms with Crippen LogP contribution >= 0.6 is 28.3 Å². The molecule has 2 heterocycles. The van der Waals surface area contributed by atoms with Crippen molar-refractivity contribution < 1.29 is 18.9 Å². The highest BCUT2D eigenvalue weighted by Gasteiger charge is 2.19. The number of ether oxygens (including phenoxy) is 4. The first-order valence-electron chi connectivity index (χ1n) is 7.74. The average Bonchev–Trinajstić information content (AvgIpc) is 3.10. The zero-order chi connectivity index (χ0) is 17.6. The first-order chi connectivity index (χ1) is 12.1. The minimum absolute atomic E-state index is 0. The highest BCUT2D eigenvalue weighted by atomic mass is 79.9. The fraction of sp³-hybridized carbons (Fsp3) is 0.211. The summed E-state index contributed by atoms with van der Waals surface area (Å²) in [7, 11) is 3.24. The molecule has 7 heteroatoms. The van der Waals surface area contributed by atoms with Crippen LogP contribution in [0.2, 0.25) is 0 Å². The minimum Gasteiger partial charge on any atom is -0.493 e. The van der Waals surface area contributed by atoms with Crippen LogP contribution in [0.4, 0.5) is 0 Å². The molecule has 0 fully saturated rings. The molecule has 1 aromatic heterocycles. The van der Waals surface area contributed by atoms with Gasteiger partial charge in [-0.2, -0.15) is 0 Å². The van der Waals surface area contributed by atoms with E-state index in [1.165, 1.54) is 0 Å². The molecule has 0 atom stereocenters. The Morgan fingerprint density at radius 3 is 2.38 bits per heavy atom. The van der Waals surface area contributed by atoms with Crippen molar-refractivity contribution in [3.05, 3.63) is 40.4 Å². The molecule has 26 heavy (non-hydrogen) atoms. The van der Waals surface area contributed by atoms with Crippen LogP contribution in [0.3, 0.4) is 0 Å². The summed E-state index contributed by atoms with van der Waals surface area (Å²) < 4.78 is 22.6. The van der Waals surface area contributed by atoms with E-state index in [0.29, 0.717) is 11.5 Å². The maximum absolute atomic E-state index is 5.48. The Bertz CT molecular complexity index is 993. The summed E-state index contributed by atoms with van der Waals surface area (Å²) >= 11 is 3.69. The van der Waals surface area contributed by atoms with Gasteiger partial charge in [-0.15, -0.1) is 12.4 Å². The maximum Gasteiger partial charge on any atom is 0.231 e. The van der Waals surface area contributed by atoms with E-state index in [9.17, 15) is 0 Å². The van der Waals surface area contributed by atoms with Crippen molar-refractivity contribution in [1.29, 1.82) is 0 Å². The number of methoxy groups -OCH3 is 2. The molecule has 2 aromatic carbocycles. The largest absolute Gasteiger partial charge is 0.493 e. The van der Waals surface area contributed by atoms with Crippen LogP contribution in [0.5, 0.6) is 23.0 Å². The van der Waals surface area contributed by atoms with Crippen molar-refractivity contribution in [3.63, 3.8) is 0 Å². The number of aromatic nitrogens is 1. The van der Waals surface area contributed by atoms with Gasteiger partial charge in [0.1, 0.15) is 0 Å². The third-order valence-electron chi connectivity index (χ3n) is 4.32. The third kappa shape index (κ3) is 2.93. The van der Waals surface area contributed by atoms with E-state index in [1.54, 1.807) is 14.2 Å². The fourth-order valence-electron chi connectivity index (χ4n) is 2.96. The van der Waals surface area contributed by atoms with Crippen molar-refractivity contribution in [2.75, 3.05) is 21.0 Å². The summed E-state index contributed by atoms with van der Waals surface area (Å²) in [4.78, 5) is 4.84. The molecule has 0 saturated carbocycles. The molecule has 0 unspecified atom stereocenters. The van der Waals surface area contributed by atoms with Crippen LogP contribution in [0.15, 0.2) is 34.8 Å². The summed E-state index contributed by atoms with van der Waals surface area (Å²) in [5.41, 5.74) is 3.72. The Hall–Kier alpha value is -2.18. The number of pyridine rings is 1. The quantitative estimate of drug-likeness (QED) is 0.567. The Morgan fingerprint density at radius 2 is 1.69 bits per heavy atom. The molecule has 5 nitrogen and oxygen atoms in total. The molecule has 0 N–H and O–H groups in total. The van der Waals surface area contributed by atoms with E-state index in [0.717, 1.165) is 43.7 Å². The lowest BCUT2D eigenvalue weighted by Crippen LogP contribution is -1.95. The van der Waals surface area contributed by atoms with Gasteiger partial charge in [0.05, 0.1) is 25.4 Å². The summed E-state index contributed by atoms with van der Waals surface area (Å²) in [5.74, 6) is 2.82. The molecule has 0 amide bonds. The number of halogens is 2. The first kappa shape index (κ1) is 18.6. The Labute approximate surface area is 165 Å². The second-order valence-corrected chi connectivity index (χ2v) is 6.48. The van der Waals surface area contributed by atoms with E-state index < -0.39 is 0 Å². The van der Waals surface area contributed by atoms with Gasteiger partial charge < -0.3 is 18.9 Å². The number of rotatable bonds is 3. The van der Waals surface area contributed by atoms with Gasteiger partial charge in [0.25, 0.3) is 0 Å². The van der Waals surface area contributed by atoms with E-state index in [2.05, 4.69) is 22.9 Å². The Balaban J connectivity index is 0.00000196. The lowest BCUT2D eigenvalue weighted by atomic mass is 10.0. The Kier molecular flexibility index (Phi) is 5.16. The maximum atomic E-state index is 5.48. The molecule has 3 aromatic rings. The smallest absolute Gasteiger partial charge is 0.231 e. The van der Waals surface area contributed by atoms with Crippen molar-refractivity contribution in [3.8, 4) is 34.3 Å². The number of fused-ring (bicyclic) bond motifs is 2. The van der Waals surface area contributed by atoms with Crippen molar-refractivity contribution in [1.82, 2.24) is 4.98 Å². The van der Waals surface area contributed by atoms with Crippen LogP contribution in [0.25, 0.3) is 22.2 Å². The first-order valence-corrected chi connectivity index (χ1v) is 8.53. The molecule has 0 saturated heterocycles. The molecule has 1 aliphatic heterocycles. The SMILES string of the molecule is COc1ccc(-c2nc3cc4c(cc3c(C)c2Br)OCO4)cc1OC.Cl. The Morgan fingerprint density at radius 1 is 1.00 bits per heavy atom. The molecule has 0 radical (unpaired) electrons. The summed E-state index contributed by atoms with van der Waals surface area (Å²) in [5, 5.41) is 1.03. The highest BCUT2D eigenvalue weighted by Crippen LogP contribution is 2.41. The van der Waals surface area contributed by atoms with E-state index in [4.69, 9.17) is 23.9 Å². The van der Waals surface area contributed by atoms with Gasteiger partial charge in [0, 0.05) is 21.5 Å². The number of aryl methyl sites for hydroxylation is 1. The van der Waals surface area contributed by atoms with Gasteiger partial charge in [-0.1, -0.05) is 0 Å². The van der Waals surface area contributed by atoms with Gasteiger partial charge in [-0.05, 0) is 52.7 Å². The molecule has 4 rings (SSSR count). The van der Waals surface area contributed by atoms with Crippen molar-refractivity contribution in [2.45, 2.75) is 6.92 Å². The fourth-order valence-corrected chi connectivity index (χ4v) is 3.50. The molecule has 1 aliphatic rings. The molecular weight excluding hydrogens is 422 g/mol. The molecule has 0 bridgehead atoms. The van der Waals surface area contributed by atoms with E-state index >= 15 is 0 Å². The zero-order valence-corrected chi connectivity index (χ0v) is 16.9. The summed E-state index contributed by atoms with van der Waals surface area (Å²) in [6.45, 7) is 2.30. The zero-order valence-electron chi connectivity index (χ0n) is 14.5. The predicted molar refractivity (Wildman–Crippen MR) is 106 cm³/mol. The standard InChI is InChI=1S/C19H16BrNO4.ClH/c1-10-12-7-16-17(25-9-24-16)8-13(12)21-19(18(10)20)11-4-5-14(22-2)15(6-11)23-3;/h4-8H,9H2,1-3H3;1H. The van der Waals surface area contributed by atoms with Crippen LogP contribution < -0.4 is 18.9 Å². The number of benzene rings is 2. The topological polar surface area (TPSA) is 49.8 Å². The lowest BCUT2D eigenvalue weighted by molar-refractivity contribution is 0.174. The van der Waals surface area contributed by atoms with Crippen LogP contribution in [-0.2, 0) is 0 Å². The van der Waals surface area contributed by atoms with Gasteiger partial charge >= 0.3 is 0 Å². The number of nitrogens with zero attached hydrogens (tertiary/aromatic N) is 1. The normalized spacial score (nSPS) is 12.0. The lowest BCUT2D eigenvalue weighted by Gasteiger charge is -2.13. The minimum atomic E-state index is 0. The van der Waals surface area contributed by atoms with Crippen molar-refractivity contribution in [2.24, 2.45) is 0 Å². The van der Waals surface area contributed by atoms with Gasteiger partial charge in [-0.25, -0.2) is 4.98 Å². The van der Waals surface area contributed by atoms with Gasteiger partial charge in [-0.3, -0.25) is 0 Å². The molecule has 136 valence electrons. The highest BCUT2D eigenvalue weighted by molar-refractivity contribution is 9.10. The van der Waals surface area contributed by atoms with Crippen LogP contribution in [0.1, 0.15) is 5.56 Å². The monoisotopic (exact) mass is 437 g/mol. The number of hydrogen-bond donors (Lipinski definition) is 0. The van der Waals surface area contributed by atoms with Gasteiger partial charge in [0.15, 0.2) is 23.0 Å². The predicted octanol–water partition coefficient (Wildman–Crippen LogP) is 5.14. The van der Waals surface area contributed by atoms with E-state index in [-0.39, 0.29) is 19.2 Å². The average molecular weight is 439 g/mol. The van der Waals surface area contributed by atoms with Crippen LogP contribution in [-0.4, -0.2) is 26.0 Å². The number of hydrogen-bond acceptors (Lipinski definition) is 5. The van der Waals surface area contributed by atoms with E-state index in [1.807, 2.05) is 30.3 Å². The third-order valence-corrected chi connectivity index (χ3v) is 5.29. The molecule has 0 aliphatic carbocycles. The van der Waals surface area contributed by atoms with Crippen molar-refractivity contribution >= 4 is 39.2 Å². The van der Waals surface area contributed by atoms with Crippen LogP contribution in [0, 0.1) is 6.92 Å². The van der Waals surface area contributed by atoms with Gasteiger partial charge in [0.2, 0.25) is 6.79 Å². The summed E-state index contributed by atoms with van der Waals surface area (Å²) in [6.07, 6.45) is 0. The summed E-state index contributed by atoms with van der Waals surface area (Å²) in [6, 6.07) is 9.66. The second-order valence-electron chi connectivity index (χ2n) is 5.69. The molecule has 0 spiro atoms. The second kappa shape index (κ2) is 7.21. The molecular formula is C19H17BrClNO4.